The maximum Gasteiger partial charge on any atom is 0.406 e. The molecule has 0 aromatic heterocycles. The van der Waals surface area contributed by atoms with Crippen molar-refractivity contribution in [2.24, 2.45) is 11.1 Å². The first-order valence-corrected chi connectivity index (χ1v) is 5.98. The van der Waals surface area contributed by atoms with Gasteiger partial charge in [-0.1, -0.05) is 6.92 Å². The van der Waals surface area contributed by atoms with Crippen molar-refractivity contribution >= 4 is 5.91 Å². The average Bonchev–Trinajstić information content (AvgIpc) is 2.12. The zero-order valence-corrected chi connectivity index (χ0v) is 11.7. The monoisotopic (exact) mass is 268 g/mol. The first-order chi connectivity index (χ1) is 7.83. The van der Waals surface area contributed by atoms with Crippen LogP contribution >= 0.6 is 0 Å². The topological polar surface area (TPSA) is 46.3 Å². The van der Waals surface area contributed by atoms with Crippen molar-refractivity contribution in [3.8, 4) is 0 Å². The van der Waals surface area contributed by atoms with Gasteiger partial charge in [0, 0.05) is 12.1 Å². The lowest BCUT2D eigenvalue weighted by molar-refractivity contribution is -0.168. The van der Waals surface area contributed by atoms with Crippen molar-refractivity contribution in [2.75, 3.05) is 13.1 Å². The van der Waals surface area contributed by atoms with E-state index in [-0.39, 0.29) is 6.54 Å². The average molecular weight is 268 g/mol. The zero-order chi connectivity index (χ0) is 14.8. The molecule has 0 aromatic carbocycles. The summed E-state index contributed by atoms with van der Waals surface area (Å²) in [5.74, 6) is -0.561. The molecule has 6 heteroatoms. The Bertz CT molecular complexity index is 293. The third kappa shape index (κ3) is 4.48. The third-order valence-corrected chi connectivity index (χ3v) is 3.30. The second-order valence-corrected chi connectivity index (χ2v) is 5.69. The summed E-state index contributed by atoms with van der Waals surface area (Å²) in [4.78, 5) is 13.1. The predicted octanol–water partition coefficient (Wildman–Crippen LogP) is 2.55. The summed E-state index contributed by atoms with van der Waals surface area (Å²) in [6, 6.07) is 0. The fourth-order valence-electron chi connectivity index (χ4n) is 1.41. The molecule has 0 heterocycles. The van der Waals surface area contributed by atoms with Gasteiger partial charge in [-0.2, -0.15) is 13.2 Å². The van der Waals surface area contributed by atoms with Crippen LogP contribution in [0.3, 0.4) is 0 Å². The maximum absolute atomic E-state index is 12.4. The van der Waals surface area contributed by atoms with Gasteiger partial charge in [-0.15, -0.1) is 0 Å². The van der Waals surface area contributed by atoms with Gasteiger partial charge < -0.3 is 10.6 Å². The molecule has 0 spiro atoms. The first kappa shape index (κ1) is 17.2. The van der Waals surface area contributed by atoms with E-state index in [1.807, 2.05) is 0 Å². The molecule has 0 saturated carbocycles. The Morgan fingerprint density at radius 2 is 1.61 bits per heavy atom. The quantitative estimate of drug-likeness (QED) is 0.833. The summed E-state index contributed by atoms with van der Waals surface area (Å²) in [5.41, 5.74) is 3.95. The van der Waals surface area contributed by atoms with E-state index in [1.54, 1.807) is 34.6 Å². The molecule has 3 nitrogen and oxygen atoms in total. The van der Waals surface area contributed by atoms with Crippen molar-refractivity contribution < 1.29 is 18.0 Å². The van der Waals surface area contributed by atoms with Crippen LogP contribution in [0.15, 0.2) is 0 Å². The van der Waals surface area contributed by atoms with Crippen LogP contribution < -0.4 is 5.73 Å². The lowest BCUT2D eigenvalue weighted by Crippen LogP contribution is -2.57. The molecule has 0 radical (unpaired) electrons. The Morgan fingerprint density at radius 3 is 1.89 bits per heavy atom. The number of alkyl halides is 3. The van der Waals surface area contributed by atoms with E-state index in [0.717, 1.165) is 4.90 Å². The van der Waals surface area contributed by atoms with E-state index in [1.165, 1.54) is 0 Å². The minimum Gasteiger partial charge on any atom is -0.333 e. The highest BCUT2D eigenvalue weighted by Crippen LogP contribution is 2.31. The molecule has 0 fully saturated rings. The van der Waals surface area contributed by atoms with Gasteiger partial charge in [0.15, 0.2) is 0 Å². The molecule has 0 aliphatic heterocycles. The van der Waals surface area contributed by atoms with Crippen molar-refractivity contribution in [3.63, 3.8) is 0 Å². The Balaban J connectivity index is 5.09. The first-order valence-electron chi connectivity index (χ1n) is 5.98. The molecule has 0 bridgehead atoms. The van der Waals surface area contributed by atoms with Crippen molar-refractivity contribution in [3.05, 3.63) is 0 Å². The molecule has 0 unspecified atom stereocenters. The number of amides is 1. The number of carbonyl (C=O) groups is 1. The van der Waals surface area contributed by atoms with Crippen LogP contribution in [0.5, 0.6) is 0 Å². The summed E-state index contributed by atoms with van der Waals surface area (Å²) in [6.45, 7) is 7.03. The van der Waals surface area contributed by atoms with Crippen LogP contribution in [-0.2, 0) is 4.79 Å². The molecule has 18 heavy (non-hydrogen) atoms. The highest BCUT2D eigenvalue weighted by atomic mass is 19.4. The van der Waals surface area contributed by atoms with Gasteiger partial charge in [0.05, 0.1) is 5.41 Å². The number of halogens is 3. The summed E-state index contributed by atoms with van der Waals surface area (Å²) in [7, 11) is 0. The SMILES string of the molecule is CCCN(CC(F)(F)F)C(=O)C(C)(C)C(C)(C)N. The molecular formula is C12H23F3N2O. The van der Waals surface area contributed by atoms with Gasteiger partial charge in [0.25, 0.3) is 0 Å². The molecule has 1 amide bonds. The standard InChI is InChI=1S/C12H23F3N2O/c1-6-7-17(8-12(13,14)15)9(18)10(2,3)11(4,5)16/h6-8,16H2,1-5H3. The second kappa shape index (κ2) is 5.47. The van der Waals surface area contributed by atoms with E-state index in [4.69, 9.17) is 5.73 Å². The van der Waals surface area contributed by atoms with E-state index >= 15 is 0 Å². The number of rotatable bonds is 5. The molecular weight excluding hydrogens is 245 g/mol. The van der Waals surface area contributed by atoms with Crippen LogP contribution in [0.4, 0.5) is 13.2 Å². The van der Waals surface area contributed by atoms with Crippen LogP contribution in [0.2, 0.25) is 0 Å². The van der Waals surface area contributed by atoms with Gasteiger partial charge in [-0.25, -0.2) is 0 Å². The number of hydrogen-bond donors (Lipinski definition) is 1. The molecule has 0 saturated heterocycles. The number of hydrogen-bond acceptors (Lipinski definition) is 2. The minimum atomic E-state index is -4.39. The van der Waals surface area contributed by atoms with E-state index in [9.17, 15) is 18.0 Å². The molecule has 0 aliphatic rings. The fourth-order valence-corrected chi connectivity index (χ4v) is 1.41. The van der Waals surface area contributed by atoms with Gasteiger partial charge in [0.2, 0.25) is 5.91 Å². The lowest BCUT2D eigenvalue weighted by atomic mass is 9.74. The van der Waals surface area contributed by atoms with E-state index in [2.05, 4.69) is 0 Å². The molecule has 0 rings (SSSR count). The Kier molecular flexibility index (Phi) is 5.23. The number of nitrogens with two attached hydrogens (primary N) is 1. The molecule has 0 atom stereocenters. The molecule has 0 aromatic rings. The van der Waals surface area contributed by atoms with Gasteiger partial charge in [0.1, 0.15) is 6.54 Å². The van der Waals surface area contributed by atoms with E-state index < -0.39 is 29.6 Å². The Labute approximate surface area is 107 Å². The highest BCUT2D eigenvalue weighted by Gasteiger charge is 2.44. The van der Waals surface area contributed by atoms with Crippen LogP contribution in [0.25, 0.3) is 0 Å². The zero-order valence-electron chi connectivity index (χ0n) is 11.7. The fraction of sp³-hybridized carbons (Fsp3) is 0.917. The van der Waals surface area contributed by atoms with Crippen LogP contribution in [0, 0.1) is 5.41 Å². The number of nitrogens with zero attached hydrogens (tertiary/aromatic N) is 1. The van der Waals surface area contributed by atoms with Crippen molar-refractivity contribution in [1.29, 1.82) is 0 Å². The van der Waals surface area contributed by atoms with Gasteiger partial charge in [-0.3, -0.25) is 4.79 Å². The summed E-state index contributed by atoms with van der Waals surface area (Å²) >= 11 is 0. The maximum atomic E-state index is 12.4. The van der Waals surface area contributed by atoms with Crippen molar-refractivity contribution in [2.45, 2.75) is 52.8 Å². The van der Waals surface area contributed by atoms with E-state index in [0.29, 0.717) is 6.42 Å². The molecule has 0 aliphatic carbocycles. The minimum absolute atomic E-state index is 0.0812. The third-order valence-electron chi connectivity index (χ3n) is 3.30. The van der Waals surface area contributed by atoms with Gasteiger partial charge >= 0.3 is 6.18 Å². The Morgan fingerprint density at radius 1 is 1.17 bits per heavy atom. The van der Waals surface area contributed by atoms with Crippen LogP contribution in [0.1, 0.15) is 41.0 Å². The van der Waals surface area contributed by atoms with Crippen LogP contribution in [-0.4, -0.2) is 35.6 Å². The van der Waals surface area contributed by atoms with Gasteiger partial charge in [-0.05, 0) is 34.1 Å². The number of carbonyl (C=O) groups excluding carboxylic acids is 1. The molecule has 2 N–H and O–H groups in total. The summed E-state index contributed by atoms with van der Waals surface area (Å²) in [5, 5.41) is 0. The summed E-state index contributed by atoms with van der Waals surface area (Å²) in [6.07, 6.45) is -3.91. The largest absolute Gasteiger partial charge is 0.406 e. The second-order valence-electron chi connectivity index (χ2n) is 5.69. The molecule has 108 valence electrons. The lowest BCUT2D eigenvalue weighted by Gasteiger charge is -2.40. The summed E-state index contributed by atoms with van der Waals surface area (Å²) < 4.78 is 37.3. The van der Waals surface area contributed by atoms with Crippen molar-refractivity contribution in [1.82, 2.24) is 4.90 Å². The predicted molar refractivity (Wildman–Crippen MR) is 65.0 cm³/mol. The Hall–Kier alpha value is -0.780. The normalized spacial score (nSPS) is 13.6. The highest BCUT2D eigenvalue weighted by molar-refractivity contribution is 5.83. The smallest absolute Gasteiger partial charge is 0.333 e.